The van der Waals surface area contributed by atoms with E-state index in [0.29, 0.717) is 19.5 Å². The van der Waals surface area contributed by atoms with Gasteiger partial charge in [0.15, 0.2) is 0 Å². The van der Waals surface area contributed by atoms with Gasteiger partial charge in [-0.3, -0.25) is 9.59 Å². The second-order valence-corrected chi connectivity index (χ2v) is 4.53. The number of carboxylic acid groups (broad SMARTS) is 2. The standard InChI is InChI=1S/C11H17N3O6/c1-13-3-2-4-14(6-8(13)15)11(20)12-7(10(18)19)5-9(16)17/h7H,2-6H2,1H3,(H,12,20)(H,16,17)(H,18,19). The predicted octanol–water partition coefficient (Wildman–Crippen LogP) is -1.21. The van der Waals surface area contributed by atoms with Gasteiger partial charge in [0, 0.05) is 20.1 Å². The topological polar surface area (TPSA) is 127 Å². The second kappa shape index (κ2) is 6.73. The number of likely N-dealkylation sites (N-methyl/N-ethyl adjacent to an activating group) is 1. The van der Waals surface area contributed by atoms with E-state index in [1.165, 1.54) is 9.80 Å². The highest BCUT2D eigenvalue weighted by atomic mass is 16.4. The van der Waals surface area contributed by atoms with Crippen LogP contribution >= 0.6 is 0 Å². The Balaban J connectivity index is 2.66. The first-order chi connectivity index (χ1) is 9.31. The zero-order valence-electron chi connectivity index (χ0n) is 11.0. The minimum atomic E-state index is -1.52. The Labute approximate surface area is 115 Å². The van der Waals surface area contributed by atoms with Gasteiger partial charge in [-0.15, -0.1) is 0 Å². The van der Waals surface area contributed by atoms with Gasteiger partial charge in [0.2, 0.25) is 5.91 Å². The lowest BCUT2D eigenvalue weighted by atomic mass is 10.2. The van der Waals surface area contributed by atoms with Crippen LogP contribution in [0.1, 0.15) is 12.8 Å². The fourth-order valence-corrected chi connectivity index (χ4v) is 1.77. The third-order valence-electron chi connectivity index (χ3n) is 2.94. The van der Waals surface area contributed by atoms with E-state index in [9.17, 15) is 19.2 Å². The molecule has 0 aromatic carbocycles. The van der Waals surface area contributed by atoms with Gasteiger partial charge in [0.1, 0.15) is 12.6 Å². The first kappa shape index (κ1) is 15.7. The van der Waals surface area contributed by atoms with E-state index >= 15 is 0 Å². The van der Waals surface area contributed by atoms with Crippen molar-refractivity contribution in [1.29, 1.82) is 0 Å². The molecular weight excluding hydrogens is 270 g/mol. The van der Waals surface area contributed by atoms with Crippen LogP contribution in [-0.2, 0) is 14.4 Å². The lowest BCUT2D eigenvalue weighted by Gasteiger charge is -2.22. The Morgan fingerprint density at radius 3 is 2.50 bits per heavy atom. The van der Waals surface area contributed by atoms with Crippen molar-refractivity contribution >= 4 is 23.9 Å². The fraction of sp³-hybridized carbons (Fsp3) is 0.636. The van der Waals surface area contributed by atoms with Gasteiger partial charge in [0.05, 0.1) is 6.42 Å². The molecule has 1 heterocycles. The Bertz CT molecular complexity index is 424. The van der Waals surface area contributed by atoms with E-state index in [1.807, 2.05) is 0 Å². The van der Waals surface area contributed by atoms with Crippen LogP contribution < -0.4 is 5.32 Å². The van der Waals surface area contributed by atoms with Gasteiger partial charge in [-0.1, -0.05) is 0 Å². The summed E-state index contributed by atoms with van der Waals surface area (Å²) in [5.74, 6) is -3.01. The summed E-state index contributed by atoms with van der Waals surface area (Å²) in [5, 5.41) is 19.6. The molecule has 1 saturated heterocycles. The molecule has 0 saturated carbocycles. The van der Waals surface area contributed by atoms with Crippen molar-refractivity contribution in [3.05, 3.63) is 0 Å². The van der Waals surface area contributed by atoms with Gasteiger partial charge in [-0.05, 0) is 6.42 Å². The van der Waals surface area contributed by atoms with Gasteiger partial charge >= 0.3 is 18.0 Å². The van der Waals surface area contributed by atoms with Gasteiger partial charge in [-0.25, -0.2) is 9.59 Å². The van der Waals surface area contributed by atoms with Gasteiger partial charge in [-0.2, -0.15) is 0 Å². The quantitative estimate of drug-likeness (QED) is 0.595. The fourth-order valence-electron chi connectivity index (χ4n) is 1.77. The monoisotopic (exact) mass is 287 g/mol. The molecule has 1 rings (SSSR count). The molecule has 1 fully saturated rings. The number of urea groups is 1. The van der Waals surface area contributed by atoms with Crippen molar-refractivity contribution in [2.75, 3.05) is 26.7 Å². The van der Waals surface area contributed by atoms with Crippen LogP contribution in [0.25, 0.3) is 0 Å². The summed E-state index contributed by atoms with van der Waals surface area (Å²) < 4.78 is 0. The number of hydrogen-bond acceptors (Lipinski definition) is 4. The maximum atomic E-state index is 11.9. The van der Waals surface area contributed by atoms with Gasteiger partial charge < -0.3 is 25.3 Å². The Morgan fingerprint density at radius 1 is 1.30 bits per heavy atom. The number of nitrogens with zero attached hydrogens (tertiary/aromatic N) is 2. The third-order valence-corrected chi connectivity index (χ3v) is 2.94. The average Bonchev–Trinajstić information content (AvgIpc) is 2.50. The molecule has 1 aliphatic rings. The molecule has 112 valence electrons. The first-order valence-corrected chi connectivity index (χ1v) is 6.05. The van der Waals surface area contributed by atoms with E-state index in [0.717, 1.165) is 0 Å². The maximum Gasteiger partial charge on any atom is 0.326 e. The van der Waals surface area contributed by atoms with E-state index < -0.39 is 30.4 Å². The molecular formula is C11H17N3O6. The zero-order chi connectivity index (χ0) is 15.3. The van der Waals surface area contributed by atoms with Crippen molar-refractivity contribution in [3.8, 4) is 0 Å². The van der Waals surface area contributed by atoms with Crippen LogP contribution in [-0.4, -0.2) is 76.6 Å². The molecule has 9 nitrogen and oxygen atoms in total. The molecule has 3 amide bonds. The van der Waals surface area contributed by atoms with E-state index in [4.69, 9.17) is 10.2 Å². The predicted molar refractivity (Wildman–Crippen MR) is 66.0 cm³/mol. The smallest absolute Gasteiger partial charge is 0.326 e. The highest BCUT2D eigenvalue weighted by Gasteiger charge is 2.28. The highest BCUT2D eigenvalue weighted by molar-refractivity contribution is 5.88. The van der Waals surface area contributed by atoms with E-state index in [-0.39, 0.29) is 12.5 Å². The number of carbonyl (C=O) groups excluding carboxylic acids is 2. The normalized spacial score (nSPS) is 17.4. The average molecular weight is 287 g/mol. The van der Waals surface area contributed by atoms with Crippen molar-refractivity contribution in [3.63, 3.8) is 0 Å². The summed E-state index contributed by atoms with van der Waals surface area (Å²) in [7, 11) is 1.62. The van der Waals surface area contributed by atoms with Crippen LogP contribution in [0.15, 0.2) is 0 Å². The summed E-state index contributed by atoms with van der Waals surface area (Å²) in [4.78, 5) is 47.6. The maximum absolute atomic E-state index is 11.9. The Kier molecular flexibility index (Phi) is 5.30. The number of carboxylic acids is 2. The van der Waals surface area contributed by atoms with Crippen molar-refractivity contribution < 1.29 is 29.4 Å². The molecule has 0 bridgehead atoms. The second-order valence-electron chi connectivity index (χ2n) is 4.53. The molecule has 1 aliphatic heterocycles. The molecule has 9 heteroatoms. The van der Waals surface area contributed by atoms with Crippen LogP contribution in [0, 0.1) is 0 Å². The number of amides is 3. The SMILES string of the molecule is CN1CCCN(C(=O)NC(CC(=O)O)C(=O)O)CC1=O. The Morgan fingerprint density at radius 2 is 1.95 bits per heavy atom. The summed E-state index contributed by atoms with van der Waals surface area (Å²) in [6, 6.07) is -2.27. The molecule has 0 aliphatic carbocycles. The minimum Gasteiger partial charge on any atom is -0.481 e. The molecule has 0 aromatic rings. The number of nitrogens with one attached hydrogen (secondary N) is 1. The molecule has 0 spiro atoms. The van der Waals surface area contributed by atoms with Crippen LogP contribution in [0.4, 0.5) is 4.79 Å². The number of rotatable bonds is 4. The highest BCUT2D eigenvalue weighted by Crippen LogP contribution is 2.04. The zero-order valence-corrected chi connectivity index (χ0v) is 11.0. The molecule has 1 atom stereocenters. The Hall–Kier alpha value is -2.32. The van der Waals surface area contributed by atoms with E-state index in [1.54, 1.807) is 7.05 Å². The van der Waals surface area contributed by atoms with E-state index in [2.05, 4.69) is 5.32 Å². The summed E-state index contributed by atoms with van der Waals surface area (Å²) in [6.07, 6.45) is -0.144. The molecule has 3 N–H and O–H groups in total. The van der Waals surface area contributed by atoms with Crippen molar-refractivity contribution in [2.24, 2.45) is 0 Å². The molecule has 0 radical (unpaired) electrons. The summed E-state index contributed by atoms with van der Waals surface area (Å²) >= 11 is 0. The lowest BCUT2D eigenvalue weighted by molar-refractivity contribution is -0.145. The van der Waals surface area contributed by atoms with Crippen LogP contribution in [0.5, 0.6) is 0 Å². The largest absolute Gasteiger partial charge is 0.481 e. The first-order valence-electron chi connectivity index (χ1n) is 6.05. The number of aliphatic carboxylic acids is 2. The number of hydrogen-bond donors (Lipinski definition) is 3. The third kappa shape index (κ3) is 4.41. The van der Waals surface area contributed by atoms with Crippen molar-refractivity contribution in [2.45, 2.75) is 18.9 Å². The summed E-state index contributed by atoms with van der Waals surface area (Å²) in [5.41, 5.74) is 0. The van der Waals surface area contributed by atoms with Gasteiger partial charge in [0.25, 0.3) is 0 Å². The van der Waals surface area contributed by atoms with Crippen LogP contribution in [0.2, 0.25) is 0 Å². The van der Waals surface area contributed by atoms with Crippen LogP contribution in [0.3, 0.4) is 0 Å². The molecule has 20 heavy (non-hydrogen) atoms. The number of carbonyl (C=O) groups is 4. The van der Waals surface area contributed by atoms with Crippen molar-refractivity contribution in [1.82, 2.24) is 15.1 Å². The lowest BCUT2D eigenvalue weighted by Crippen LogP contribution is -2.50. The summed E-state index contributed by atoms with van der Waals surface area (Å²) in [6.45, 7) is 0.670. The molecule has 1 unspecified atom stereocenters. The minimum absolute atomic E-state index is 0.151. The molecule has 0 aromatic heterocycles.